The molecule has 2 aliphatic rings. The van der Waals surface area contributed by atoms with Crippen LogP contribution in [0.25, 0.3) is 0 Å². The fraction of sp³-hybridized carbons (Fsp3) is 1.00. The van der Waals surface area contributed by atoms with Gasteiger partial charge in [-0.15, -0.1) is 0 Å². The van der Waals surface area contributed by atoms with Gasteiger partial charge in [0.05, 0.1) is 5.88 Å². The Hall–Kier alpha value is 0.0300. The van der Waals surface area contributed by atoms with Gasteiger partial charge < -0.3 is 4.55 Å². The van der Waals surface area contributed by atoms with Crippen LogP contribution in [-0.2, 0) is 11.1 Å². The zero-order valence-corrected chi connectivity index (χ0v) is 10.6. The third-order valence-corrected chi connectivity index (χ3v) is 4.36. The van der Waals surface area contributed by atoms with E-state index in [1.54, 1.807) is 0 Å². The van der Waals surface area contributed by atoms with Crippen LogP contribution in [0.3, 0.4) is 0 Å². The van der Waals surface area contributed by atoms with Crippen molar-refractivity contribution in [3.63, 3.8) is 0 Å². The van der Waals surface area contributed by atoms with Gasteiger partial charge in [-0.1, -0.05) is 19.3 Å². The van der Waals surface area contributed by atoms with Gasteiger partial charge in [0.2, 0.25) is 0 Å². The average molecular weight is 245 g/mol. The summed E-state index contributed by atoms with van der Waals surface area (Å²) in [5.74, 6) is 0.207. The van der Waals surface area contributed by atoms with E-state index in [2.05, 4.69) is 4.90 Å². The van der Waals surface area contributed by atoms with Crippen molar-refractivity contribution in [1.29, 1.82) is 0 Å². The minimum Gasteiger partial charge on any atom is -0.771 e. The molecule has 1 saturated heterocycles. The van der Waals surface area contributed by atoms with Crippen LogP contribution >= 0.6 is 0 Å². The smallest absolute Gasteiger partial charge is 0.0614 e. The predicted molar refractivity (Wildman–Crippen MR) is 63.8 cm³/mol. The first-order valence-electron chi connectivity index (χ1n) is 6.28. The minimum atomic E-state index is -1.92. The summed E-state index contributed by atoms with van der Waals surface area (Å²) in [7, 11) is 0. The van der Waals surface area contributed by atoms with Gasteiger partial charge in [0.15, 0.2) is 0 Å². The Morgan fingerprint density at radius 3 is 2.25 bits per heavy atom. The molecule has 94 valence electrons. The van der Waals surface area contributed by atoms with Crippen molar-refractivity contribution in [2.24, 2.45) is 0 Å². The molecule has 1 unspecified atom stereocenters. The van der Waals surface area contributed by atoms with Gasteiger partial charge in [0.1, 0.15) is 0 Å². The summed E-state index contributed by atoms with van der Waals surface area (Å²) >= 11 is -1.92. The fourth-order valence-corrected chi connectivity index (χ4v) is 3.41. The molecule has 1 atom stereocenters. The molecule has 16 heavy (non-hydrogen) atoms. The maximum absolute atomic E-state index is 10.6. The number of hydrogen-bond donors (Lipinski definition) is 0. The van der Waals surface area contributed by atoms with Gasteiger partial charge in [0.25, 0.3) is 0 Å². The molecule has 0 amide bonds. The maximum Gasteiger partial charge on any atom is 0.0614 e. The van der Waals surface area contributed by atoms with E-state index >= 15 is 0 Å². The Morgan fingerprint density at radius 2 is 1.69 bits per heavy atom. The first-order valence-corrected chi connectivity index (χ1v) is 7.52. The van der Waals surface area contributed by atoms with Crippen LogP contribution in [0.2, 0.25) is 0 Å². The molecule has 1 aliphatic carbocycles. The molecule has 0 aromatic heterocycles. The molecule has 1 heterocycles. The molecule has 0 spiro atoms. The normalized spacial score (nSPS) is 28.1. The molecule has 4 nitrogen and oxygen atoms in total. The van der Waals surface area contributed by atoms with Crippen molar-refractivity contribution >= 4 is 11.1 Å². The highest BCUT2D eigenvalue weighted by atomic mass is 32.2. The summed E-state index contributed by atoms with van der Waals surface area (Å²) in [5, 5.41) is 0. The average Bonchev–Trinajstić information content (AvgIpc) is 2.30. The Labute approximate surface area is 100 Å². The van der Waals surface area contributed by atoms with Crippen molar-refractivity contribution in [3.05, 3.63) is 0 Å². The van der Waals surface area contributed by atoms with Gasteiger partial charge in [-0.3, -0.25) is 14.0 Å². The third kappa shape index (κ3) is 3.52. The van der Waals surface area contributed by atoms with E-state index in [1.807, 2.05) is 4.90 Å². The van der Waals surface area contributed by atoms with Crippen LogP contribution in [0, 0.1) is 0 Å². The second kappa shape index (κ2) is 6.10. The lowest BCUT2D eigenvalue weighted by Crippen LogP contribution is -2.51. The van der Waals surface area contributed by atoms with Crippen LogP contribution < -0.4 is 0 Å². The Balaban J connectivity index is 1.73. The first-order chi connectivity index (χ1) is 7.75. The van der Waals surface area contributed by atoms with Crippen LogP contribution in [0.5, 0.6) is 0 Å². The van der Waals surface area contributed by atoms with Crippen LogP contribution in [0.15, 0.2) is 0 Å². The minimum absolute atomic E-state index is 0.207. The monoisotopic (exact) mass is 245 g/mol. The van der Waals surface area contributed by atoms with E-state index in [-0.39, 0.29) is 5.88 Å². The van der Waals surface area contributed by atoms with Gasteiger partial charge >= 0.3 is 0 Å². The summed E-state index contributed by atoms with van der Waals surface area (Å²) < 4.78 is 21.2. The number of hydrogen-bond acceptors (Lipinski definition) is 4. The van der Waals surface area contributed by atoms with Crippen molar-refractivity contribution in [2.45, 2.75) is 38.1 Å². The Bertz CT molecular complexity index is 236. The van der Waals surface area contributed by atoms with E-state index in [9.17, 15) is 8.76 Å². The lowest BCUT2D eigenvalue weighted by atomic mass is 9.94. The zero-order chi connectivity index (χ0) is 11.4. The fourth-order valence-electron chi connectivity index (χ4n) is 2.85. The summed E-state index contributed by atoms with van der Waals surface area (Å²) in [6.45, 7) is 3.90. The number of nitrogens with zero attached hydrogens (tertiary/aromatic N) is 2. The second-order valence-corrected chi connectivity index (χ2v) is 5.74. The molecule has 1 saturated carbocycles. The SMILES string of the molecule is O=S([O-])CN1CCN(C2CCCCC2)CC1. The lowest BCUT2D eigenvalue weighted by Gasteiger charge is -2.40. The number of rotatable bonds is 3. The molecule has 0 aromatic rings. The van der Waals surface area contributed by atoms with E-state index < -0.39 is 11.1 Å². The molecule has 2 rings (SSSR count). The Kier molecular flexibility index (Phi) is 4.76. The standard InChI is InChI=1S/C11H22N2O2S/c14-16(15)10-12-6-8-13(9-7-12)11-4-2-1-3-5-11/h11H,1-10H2,(H,14,15)/p-1. The summed E-state index contributed by atoms with van der Waals surface area (Å²) in [6, 6.07) is 0.772. The molecular weight excluding hydrogens is 224 g/mol. The highest BCUT2D eigenvalue weighted by molar-refractivity contribution is 7.79. The molecule has 0 aromatic carbocycles. The van der Waals surface area contributed by atoms with Crippen LogP contribution in [-0.4, -0.2) is 56.7 Å². The van der Waals surface area contributed by atoms with Gasteiger partial charge in [-0.05, 0) is 23.9 Å². The maximum atomic E-state index is 10.6. The summed E-state index contributed by atoms with van der Waals surface area (Å²) in [5.41, 5.74) is 0. The Morgan fingerprint density at radius 1 is 1.06 bits per heavy atom. The summed E-state index contributed by atoms with van der Waals surface area (Å²) in [6.07, 6.45) is 6.82. The molecule has 0 N–H and O–H groups in total. The van der Waals surface area contributed by atoms with Crippen molar-refractivity contribution in [3.8, 4) is 0 Å². The molecule has 5 heteroatoms. The number of piperazine rings is 1. The third-order valence-electron chi connectivity index (χ3n) is 3.79. The van der Waals surface area contributed by atoms with Gasteiger partial charge in [-0.2, -0.15) is 0 Å². The highest BCUT2D eigenvalue weighted by Gasteiger charge is 2.24. The van der Waals surface area contributed by atoms with Crippen LogP contribution in [0.1, 0.15) is 32.1 Å². The first kappa shape index (κ1) is 12.5. The van der Waals surface area contributed by atoms with Crippen molar-refractivity contribution < 1.29 is 8.76 Å². The van der Waals surface area contributed by atoms with Gasteiger partial charge in [-0.25, -0.2) is 0 Å². The lowest BCUT2D eigenvalue weighted by molar-refractivity contribution is 0.0873. The summed E-state index contributed by atoms with van der Waals surface area (Å²) in [4.78, 5) is 4.59. The van der Waals surface area contributed by atoms with Crippen molar-refractivity contribution in [2.75, 3.05) is 32.1 Å². The molecule has 1 aliphatic heterocycles. The van der Waals surface area contributed by atoms with E-state index in [4.69, 9.17) is 0 Å². The predicted octanol–water partition coefficient (Wildman–Crippen LogP) is 0.773. The zero-order valence-electron chi connectivity index (χ0n) is 9.77. The molecule has 0 radical (unpaired) electrons. The van der Waals surface area contributed by atoms with Crippen LogP contribution in [0.4, 0.5) is 0 Å². The van der Waals surface area contributed by atoms with Crippen molar-refractivity contribution in [1.82, 2.24) is 9.80 Å². The molecular formula is C11H21N2O2S-. The topological polar surface area (TPSA) is 46.6 Å². The van der Waals surface area contributed by atoms with Gasteiger partial charge in [0, 0.05) is 32.2 Å². The molecule has 2 fully saturated rings. The van der Waals surface area contributed by atoms with E-state index in [0.717, 1.165) is 32.2 Å². The largest absolute Gasteiger partial charge is 0.771 e. The van der Waals surface area contributed by atoms with E-state index in [0.29, 0.717) is 0 Å². The molecule has 0 bridgehead atoms. The highest BCUT2D eigenvalue weighted by Crippen LogP contribution is 2.23. The second-order valence-electron chi connectivity index (χ2n) is 4.88. The van der Waals surface area contributed by atoms with E-state index in [1.165, 1.54) is 32.1 Å². The quantitative estimate of drug-likeness (QED) is 0.689.